The minimum absolute atomic E-state index is 0.311. The largest absolute Gasteiger partial charge is 0.382 e. The smallest absolute Gasteiger partial charge is 0.191 e. The highest BCUT2D eigenvalue weighted by molar-refractivity contribution is 5.79. The molecule has 1 aromatic carbocycles. The number of nitrogens with zero attached hydrogens (tertiary/aromatic N) is 2. The van der Waals surface area contributed by atoms with Crippen LogP contribution in [0.3, 0.4) is 0 Å². The fourth-order valence-corrected chi connectivity index (χ4v) is 3.23. The Morgan fingerprint density at radius 3 is 2.59 bits per heavy atom. The predicted molar refractivity (Wildman–Crippen MR) is 111 cm³/mol. The molecule has 0 aliphatic carbocycles. The van der Waals surface area contributed by atoms with E-state index in [1.165, 1.54) is 11.1 Å². The molecule has 0 spiro atoms. The number of rotatable bonds is 10. The second kappa shape index (κ2) is 12.7. The van der Waals surface area contributed by atoms with Crippen LogP contribution >= 0.6 is 0 Å². The van der Waals surface area contributed by atoms with Gasteiger partial charge in [0.1, 0.15) is 0 Å². The maximum atomic E-state index is 5.54. The van der Waals surface area contributed by atoms with Crippen LogP contribution in [0.15, 0.2) is 29.3 Å². The number of unbranched alkanes of at least 4 members (excludes halogenated alkanes) is 1. The molecule has 1 atom stereocenters. The molecule has 0 saturated carbocycles. The van der Waals surface area contributed by atoms with E-state index in [0.29, 0.717) is 6.04 Å². The Hall–Kier alpha value is -1.63. The molecule has 1 aliphatic rings. The van der Waals surface area contributed by atoms with Gasteiger partial charge in [-0.15, -0.1) is 0 Å². The molecule has 1 aliphatic heterocycles. The van der Waals surface area contributed by atoms with Crippen LogP contribution in [0.5, 0.6) is 0 Å². The zero-order chi connectivity index (χ0) is 19.3. The summed E-state index contributed by atoms with van der Waals surface area (Å²) < 4.78 is 10.9. The SMILES string of the molecule is CCOCCCCNC(=NC)NCC(c1ccc(C)cc1)N1CCOCC1. The Balaban J connectivity index is 1.87. The maximum Gasteiger partial charge on any atom is 0.191 e. The topological polar surface area (TPSA) is 58.1 Å². The van der Waals surface area contributed by atoms with Crippen LogP contribution < -0.4 is 10.6 Å². The Morgan fingerprint density at radius 2 is 1.93 bits per heavy atom. The average Bonchev–Trinajstić information content (AvgIpc) is 2.71. The van der Waals surface area contributed by atoms with Crippen molar-refractivity contribution in [2.24, 2.45) is 4.99 Å². The van der Waals surface area contributed by atoms with E-state index in [-0.39, 0.29) is 0 Å². The minimum Gasteiger partial charge on any atom is -0.382 e. The Labute approximate surface area is 164 Å². The van der Waals surface area contributed by atoms with E-state index in [9.17, 15) is 0 Å². The van der Waals surface area contributed by atoms with E-state index in [1.54, 1.807) is 0 Å². The summed E-state index contributed by atoms with van der Waals surface area (Å²) in [7, 11) is 1.82. The van der Waals surface area contributed by atoms with Crippen molar-refractivity contribution in [3.05, 3.63) is 35.4 Å². The summed E-state index contributed by atoms with van der Waals surface area (Å²) in [5.74, 6) is 0.858. The second-order valence-electron chi connectivity index (χ2n) is 6.86. The predicted octanol–water partition coefficient (Wildman–Crippen LogP) is 2.35. The quantitative estimate of drug-likeness (QED) is 0.373. The van der Waals surface area contributed by atoms with Gasteiger partial charge in [-0.3, -0.25) is 9.89 Å². The molecule has 0 aromatic heterocycles. The third kappa shape index (κ3) is 7.87. The van der Waals surface area contributed by atoms with Crippen LogP contribution in [0, 0.1) is 6.92 Å². The number of morpholine rings is 1. The summed E-state index contributed by atoms with van der Waals surface area (Å²) in [5, 5.41) is 6.91. The van der Waals surface area contributed by atoms with Gasteiger partial charge >= 0.3 is 0 Å². The Bertz CT molecular complexity index is 542. The van der Waals surface area contributed by atoms with Crippen molar-refractivity contribution in [2.45, 2.75) is 32.7 Å². The van der Waals surface area contributed by atoms with E-state index < -0.39 is 0 Å². The van der Waals surface area contributed by atoms with Crippen LogP contribution in [0.2, 0.25) is 0 Å². The summed E-state index contributed by atoms with van der Waals surface area (Å²) in [4.78, 5) is 6.86. The van der Waals surface area contributed by atoms with Gasteiger partial charge in [0.05, 0.1) is 19.3 Å². The Morgan fingerprint density at radius 1 is 1.19 bits per heavy atom. The van der Waals surface area contributed by atoms with Crippen LogP contribution in [-0.4, -0.2) is 70.5 Å². The number of benzene rings is 1. The molecule has 1 heterocycles. The van der Waals surface area contributed by atoms with E-state index >= 15 is 0 Å². The van der Waals surface area contributed by atoms with Gasteiger partial charge in [0, 0.05) is 46.4 Å². The zero-order valence-corrected chi connectivity index (χ0v) is 17.2. The number of ether oxygens (including phenoxy) is 2. The highest BCUT2D eigenvalue weighted by atomic mass is 16.5. The highest BCUT2D eigenvalue weighted by Crippen LogP contribution is 2.21. The third-order valence-electron chi connectivity index (χ3n) is 4.85. The number of aryl methyl sites for hydroxylation is 1. The molecule has 1 fully saturated rings. The molecule has 0 bridgehead atoms. The molecule has 1 unspecified atom stereocenters. The summed E-state index contributed by atoms with van der Waals surface area (Å²) in [6.07, 6.45) is 2.14. The fourth-order valence-electron chi connectivity index (χ4n) is 3.23. The van der Waals surface area contributed by atoms with Crippen molar-refractivity contribution < 1.29 is 9.47 Å². The molecule has 6 heteroatoms. The molecule has 2 rings (SSSR count). The maximum absolute atomic E-state index is 5.54. The number of hydrogen-bond donors (Lipinski definition) is 2. The molecule has 1 saturated heterocycles. The minimum atomic E-state index is 0.311. The molecular weight excluding hydrogens is 340 g/mol. The van der Waals surface area contributed by atoms with Crippen LogP contribution in [0.25, 0.3) is 0 Å². The van der Waals surface area contributed by atoms with E-state index in [4.69, 9.17) is 9.47 Å². The van der Waals surface area contributed by atoms with Crippen molar-refractivity contribution in [1.29, 1.82) is 0 Å². The van der Waals surface area contributed by atoms with Crippen LogP contribution in [-0.2, 0) is 9.47 Å². The third-order valence-corrected chi connectivity index (χ3v) is 4.85. The number of nitrogens with one attached hydrogen (secondary N) is 2. The monoisotopic (exact) mass is 376 g/mol. The van der Waals surface area contributed by atoms with Gasteiger partial charge in [-0.05, 0) is 32.3 Å². The van der Waals surface area contributed by atoms with Crippen molar-refractivity contribution in [3.8, 4) is 0 Å². The summed E-state index contributed by atoms with van der Waals surface area (Å²) in [6.45, 7) is 11.0. The summed E-state index contributed by atoms with van der Waals surface area (Å²) in [5.41, 5.74) is 2.62. The molecule has 1 aromatic rings. The van der Waals surface area contributed by atoms with Crippen molar-refractivity contribution in [1.82, 2.24) is 15.5 Å². The number of hydrogen-bond acceptors (Lipinski definition) is 4. The summed E-state index contributed by atoms with van der Waals surface area (Å²) in [6, 6.07) is 9.16. The Kier molecular flexibility index (Phi) is 10.2. The lowest BCUT2D eigenvalue weighted by molar-refractivity contribution is 0.0170. The van der Waals surface area contributed by atoms with E-state index in [1.807, 2.05) is 14.0 Å². The first kappa shape index (κ1) is 21.7. The normalized spacial score (nSPS) is 16.9. The first-order valence-corrected chi connectivity index (χ1v) is 10.1. The first-order valence-electron chi connectivity index (χ1n) is 10.1. The summed E-state index contributed by atoms with van der Waals surface area (Å²) >= 11 is 0. The molecule has 2 N–H and O–H groups in total. The van der Waals surface area contributed by atoms with E-state index in [0.717, 1.165) is 71.4 Å². The van der Waals surface area contributed by atoms with E-state index in [2.05, 4.69) is 51.7 Å². The number of aliphatic imine (C=N–C) groups is 1. The van der Waals surface area contributed by atoms with Crippen molar-refractivity contribution in [2.75, 3.05) is 59.7 Å². The van der Waals surface area contributed by atoms with Crippen LogP contribution in [0.4, 0.5) is 0 Å². The number of guanidine groups is 1. The molecule has 27 heavy (non-hydrogen) atoms. The molecule has 0 amide bonds. The molecule has 6 nitrogen and oxygen atoms in total. The van der Waals surface area contributed by atoms with Crippen LogP contribution in [0.1, 0.15) is 36.9 Å². The lowest BCUT2D eigenvalue weighted by atomic mass is 10.0. The molecule has 152 valence electrons. The fraction of sp³-hybridized carbons (Fsp3) is 0.667. The average molecular weight is 377 g/mol. The molecular formula is C21H36N4O2. The van der Waals surface area contributed by atoms with Gasteiger partial charge in [0.2, 0.25) is 0 Å². The first-order chi connectivity index (χ1) is 13.2. The van der Waals surface area contributed by atoms with Crippen molar-refractivity contribution in [3.63, 3.8) is 0 Å². The van der Waals surface area contributed by atoms with Gasteiger partial charge in [-0.2, -0.15) is 0 Å². The standard InChI is InChI=1S/C21H36N4O2/c1-4-26-14-6-5-11-23-21(22-3)24-17-20(25-12-15-27-16-13-25)19-9-7-18(2)8-10-19/h7-10,20H,4-6,11-17H2,1-3H3,(H2,22,23,24). The zero-order valence-electron chi connectivity index (χ0n) is 17.2. The molecule has 0 radical (unpaired) electrons. The second-order valence-corrected chi connectivity index (χ2v) is 6.86. The van der Waals surface area contributed by atoms with Crippen molar-refractivity contribution >= 4 is 5.96 Å². The van der Waals surface area contributed by atoms with Gasteiger partial charge in [0.25, 0.3) is 0 Å². The van der Waals surface area contributed by atoms with Gasteiger partial charge < -0.3 is 20.1 Å². The highest BCUT2D eigenvalue weighted by Gasteiger charge is 2.22. The van der Waals surface area contributed by atoms with Gasteiger partial charge in [-0.1, -0.05) is 29.8 Å². The van der Waals surface area contributed by atoms with Gasteiger partial charge in [0.15, 0.2) is 5.96 Å². The van der Waals surface area contributed by atoms with Gasteiger partial charge in [-0.25, -0.2) is 0 Å². The lowest BCUT2D eigenvalue weighted by Crippen LogP contribution is -2.46. The lowest BCUT2D eigenvalue weighted by Gasteiger charge is -2.35.